The zero-order chi connectivity index (χ0) is 9.98. The molecule has 0 bridgehead atoms. The summed E-state index contributed by atoms with van der Waals surface area (Å²) in [6.45, 7) is 11.9. The van der Waals surface area contributed by atoms with Gasteiger partial charge in [-0.25, -0.2) is 9.97 Å². The summed E-state index contributed by atoms with van der Waals surface area (Å²) < 4.78 is 0. The molecule has 0 saturated carbocycles. The van der Waals surface area contributed by atoms with Crippen molar-refractivity contribution in [2.24, 2.45) is 0 Å². The minimum absolute atomic E-state index is 0.338. The average molecular weight is 167 g/mol. The lowest BCUT2D eigenvalue weighted by molar-refractivity contribution is 1.12. The maximum Gasteiger partial charge on any atom is 0.220 e. The van der Waals surface area contributed by atoms with Crippen LogP contribution in [0.2, 0.25) is 0 Å². The van der Waals surface area contributed by atoms with Gasteiger partial charge >= 0.3 is 0 Å². The summed E-state index contributed by atoms with van der Waals surface area (Å²) in [6.07, 6.45) is 1.64. The van der Waals surface area contributed by atoms with Gasteiger partial charge in [0.25, 0.3) is 0 Å². The summed E-state index contributed by atoms with van der Waals surface area (Å²) in [5, 5.41) is 0. The van der Waals surface area contributed by atoms with Crippen molar-refractivity contribution in [2.45, 2.75) is 20.8 Å². The van der Waals surface area contributed by atoms with Crippen LogP contribution in [0.4, 0.5) is 5.95 Å². The van der Waals surface area contributed by atoms with Gasteiger partial charge in [0, 0.05) is 11.9 Å². The van der Waals surface area contributed by atoms with E-state index in [1.165, 1.54) is 0 Å². The van der Waals surface area contributed by atoms with Gasteiger partial charge in [-0.2, -0.15) is 0 Å². The summed E-state index contributed by atoms with van der Waals surface area (Å²) in [7, 11) is 0. The van der Waals surface area contributed by atoms with Gasteiger partial charge in [0.1, 0.15) is 0 Å². The lowest BCUT2D eigenvalue weighted by Gasteiger charge is -1.89. The second-order valence-corrected chi connectivity index (χ2v) is 1.56. The molecule has 0 aromatic carbocycles. The number of aromatic nitrogens is 2. The molecule has 0 saturated heterocycles. The van der Waals surface area contributed by atoms with Gasteiger partial charge in [-0.15, -0.1) is 13.2 Å². The second-order valence-electron chi connectivity index (χ2n) is 1.56. The number of rotatable bonds is 0. The second kappa shape index (κ2) is 9.62. The summed E-state index contributed by atoms with van der Waals surface area (Å²) in [5.41, 5.74) is 6.14. The Kier molecular flexibility index (Phi) is 10.6. The van der Waals surface area contributed by atoms with Crippen LogP contribution in [0.5, 0.6) is 0 Å². The van der Waals surface area contributed by atoms with Crippen molar-refractivity contribution in [1.29, 1.82) is 0 Å². The number of aryl methyl sites for hydroxylation is 1. The minimum Gasteiger partial charge on any atom is -0.368 e. The van der Waals surface area contributed by atoms with Crippen molar-refractivity contribution in [3.8, 4) is 0 Å². The van der Waals surface area contributed by atoms with Crippen molar-refractivity contribution < 1.29 is 0 Å². The number of anilines is 1. The molecule has 0 fully saturated rings. The first-order valence-electron chi connectivity index (χ1n) is 3.84. The average Bonchev–Trinajstić information content (AvgIpc) is 2.11. The Hall–Kier alpha value is -1.38. The third-order valence-electron chi connectivity index (χ3n) is 0.813. The van der Waals surface area contributed by atoms with Gasteiger partial charge in [-0.3, -0.25) is 0 Å². The molecule has 0 aliphatic carbocycles. The first-order chi connectivity index (χ1) is 5.79. The Morgan fingerprint density at radius 1 is 1.33 bits per heavy atom. The zero-order valence-corrected chi connectivity index (χ0v) is 8.04. The van der Waals surface area contributed by atoms with Crippen LogP contribution in [0.3, 0.4) is 0 Å². The van der Waals surface area contributed by atoms with Crippen LogP contribution in [-0.2, 0) is 0 Å². The summed E-state index contributed by atoms with van der Waals surface area (Å²) in [6, 6.07) is 1.80. The molecule has 3 nitrogen and oxygen atoms in total. The molecule has 0 amide bonds. The van der Waals surface area contributed by atoms with Crippen LogP contribution in [-0.4, -0.2) is 9.97 Å². The molecule has 1 heterocycles. The first-order valence-corrected chi connectivity index (χ1v) is 3.84. The molecule has 0 aliphatic heterocycles. The van der Waals surface area contributed by atoms with Crippen molar-refractivity contribution >= 4 is 5.95 Å². The van der Waals surface area contributed by atoms with Crippen LogP contribution >= 0.6 is 0 Å². The van der Waals surface area contributed by atoms with E-state index in [0.717, 1.165) is 5.69 Å². The normalized spacial score (nSPS) is 6.92. The quantitative estimate of drug-likeness (QED) is 0.602. The Bertz CT molecular complexity index is 181. The summed E-state index contributed by atoms with van der Waals surface area (Å²) in [4.78, 5) is 7.55. The largest absolute Gasteiger partial charge is 0.368 e. The molecule has 0 unspecified atom stereocenters. The monoisotopic (exact) mass is 167 g/mol. The van der Waals surface area contributed by atoms with E-state index in [-0.39, 0.29) is 0 Å². The van der Waals surface area contributed by atoms with E-state index in [0.29, 0.717) is 5.95 Å². The molecule has 2 N–H and O–H groups in total. The molecule has 0 spiro atoms. The van der Waals surface area contributed by atoms with E-state index in [4.69, 9.17) is 5.73 Å². The first kappa shape index (κ1) is 13.2. The van der Waals surface area contributed by atoms with Crippen molar-refractivity contribution in [3.63, 3.8) is 0 Å². The lowest BCUT2D eigenvalue weighted by Crippen LogP contribution is -1.93. The SMILES string of the molecule is C=C.CC.Cc1ccnc(N)n1. The lowest BCUT2D eigenvalue weighted by atomic mass is 10.5. The Morgan fingerprint density at radius 3 is 2.08 bits per heavy atom. The van der Waals surface area contributed by atoms with Gasteiger partial charge in [-0.05, 0) is 13.0 Å². The van der Waals surface area contributed by atoms with Gasteiger partial charge in [0.2, 0.25) is 5.95 Å². The topological polar surface area (TPSA) is 51.8 Å². The Morgan fingerprint density at radius 2 is 1.83 bits per heavy atom. The molecular weight excluding hydrogens is 150 g/mol. The highest BCUT2D eigenvalue weighted by Gasteiger charge is 1.84. The van der Waals surface area contributed by atoms with E-state index < -0.39 is 0 Å². The molecule has 1 aromatic rings. The smallest absolute Gasteiger partial charge is 0.220 e. The minimum atomic E-state index is 0.338. The maximum atomic E-state index is 5.24. The summed E-state index contributed by atoms with van der Waals surface area (Å²) >= 11 is 0. The number of hydrogen-bond donors (Lipinski definition) is 1. The number of hydrogen-bond acceptors (Lipinski definition) is 3. The standard InChI is InChI=1S/C5H7N3.C2H6.C2H4/c1-4-2-3-7-5(6)8-4;2*1-2/h2-3H,1H3,(H2,6,7,8);1-2H3;1-2H2. The number of nitrogen functional groups attached to an aromatic ring is 1. The van der Waals surface area contributed by atoms with E-state index in [1.807, 2.05) is 20.8 Å². The molecule has 0 aliphatic rings. The van der Waals surface area contributed by atoms with Crippen LogP contribution in [0.25, 0.3) is 0 Å². The molecule has 0 radical (unpaired) electrons. The van der Waals surface area contributed by atoms with E-state index in [2.05, 4.69) is 23.1 Å². The van der Waals surface area contributed by atoms with Crippen LogP contribution in [0.1, 0.15) is 19.5 Å². The maximum absolute atomic E-state index is 5.24. The van der Waals surface area contributed by atoms with Crippen molar-refractivity contribution in [2.75, 3.05) is 5.73 Å². The molecule has 68 valence electrons. The third kappa shape index (κ3) is 6.74. The van der Waals surface area contributed by atoms with Crippen LogP contribution in [0, 0.1) is 6.92 Å². The fourth-order valence-corrected chi connectivity index (χ4v) is 0.468. The van der Waals surface area contributed by atoms with Gasteiger partial charge in [0.05, 0.1) is 0 Å². The fraction of sp³-hybridized carbons (Fsp3) is 0.333. The molecule has 3 heteroatoms. The van der Waals surface area contributed by atoms with Crippen LogP contribution < -0.4 is 5.73 Å². The molecular formula is C9H17N3. The van der Waals surface area contributed by atoms with E-state index in [1.54, 1.807) is 12.3 Å². The van der Waals surface area contributed by atoms with Crippen molar-refractivity contribution in [3.05, 3.63) is 31.1 Å². The number of nitrogens with zero attached hydrogens (tertiary/aromatic N) is 2. The number of nitrogens with two attached hydrogens (primary N) is 1. The molecule has 1 rings (SSSR count). The predicted molar refractivity (Wildman–Crippen MR) is 53.8 cm³/mol. The van der Waals surface area contributed by atoms with Crippen molar-refractivity contribution in [1.82, 2.24) is 9.97 Å². The predicted octanol–water partition coefficient (Wildman–Crippen LogP) is 2.20. The van der Waals surface area contributed by atoms with E-state index in [9.17, 15) is 0 Å². The Labute approximate surface area is 74.4 Å². The molecule has 12 heavy (non-hydrogen) atoms. The zero-order valence-electron chi connectivity index (χ0n) is 8.04. The Balaban J connectivity index is 0. The third-order valence-corrected chi connectivity index (χ3v) is 0.813. The van der Waals surface area contributed by atoms with Gasteiger partial charge in [-0.1, -0.05) is 13.8 Å². The highest BCUT2D eigenvalue weighted by atomic mass is 15.0. The van der Waals surface area contributed by atoms with Gasteiger partial charge in [0.15, 0.2) is 0 Å². The highest BCUT2D eigenvalue weighted by molar-refractivity contribution is 5.15. The highest BCUT2D eigenvalue weighted by Crippen LogP contribution is 1.91. The van der Waals surface area contributed by atoms with Crippen LogP contribution in [0.15, 0.2) is 25.4 Å². The van der Waals surface area contributed by atoms with E-state index >= 15 is 0 Å². The van der Waals surface area contributed by atoms with Gasteiger partial charge < -0.3 is 5.73 Å². The summed E-state index contributed by atoms with van der Waals surface area (Å²) in [5.74, 6) is 0.338. The molecule has 0 atom stereocenters. The fourth-order valence-electron chi connectivity index (χ4n) is 0.468. The molecule has 1 aromatic heterocycles.